The fourth-order valence-electron chi connectivity index (χ4n) is 1.21. The van der Waals surface area contributed by atoms with Crippen molar-refractivity contribution in [3.63, 3.8) is 0 Å². The predicted octanol–water partition coefficient (Wildman–Crippen LogP) is 2.89. The third-order valence-electron chi connectivity index (χ3n) is 1.85. The van der Waals surface area contributed by atoms with Crippen LogP contribution in [-0.2, 0) is 16.0 Å². The van der Waals surface area contributed by atoms with Crippen molar-refractivity contribution in [2.75, 3.05) is 6.61 Å². The van der Waals surface area contributed by atoms with Gasteiger partial charge in [0.15, 0.2) is 0 Å². The molecule has 0 aliphatic rings. The molecule has 6 heteroatoms. The SMILES string of the molecule is CCOC(=O)Cc1nccc(Br)c1C(F)F. The second-order valence-electron chi connectivity index (χ2n) is 2.94. The highest BCUT2D eigenvalue weighted by Crippen LogP contribution is 2.29. The normalized spacial score (nSPS) is 10.6. The fourth-order valence-corrected chi connectivity index (χ4v) is 1.73. The Kier molecular flexibility index (Phi) is 4.79. The molecule has 1 aromatic heterocycles. The molecular weight excluding hydrogens is 284 g/mol. The zero-order chi connectivity index (χ0) is 12.1. The Morgan fingerprint density at radius 2 is 2.31 bits per heavy atom. The average Bonchev–Trinajstić information content (AvgIpc) is 2.17. The van der Waals surface area contributed by atoms with Crippen LogP contribution in [0.3, 0.4) is 0 Å². The number of hydrogen-bond donors (Lipinski definition) is 0. The molecule has 0 aliphatic carbocycles. The summed E-state index contributed by atoms with van der Waals surface area (Å²) in [6.07, 6.45) is -1.55. The lowest BCUT2D eigenvalue weighted by Crippen LogP contribution is -2.11. The largest absolute Gasteiger partial charge is 0.466 e. The first-order valence-corrected chi connectivity index (χ1v) is 5.42. The van der Waals surface area contributed by atoms with Crippen LogP contribution in [0.1, 0.15) is 24.6 Å². The maximum atomic E-state index is 12.7. The van der Waals surface area contributed by atoms with Crippen LogP contribution < -0.4 is 0 Å². The average molecular weight is 294 g/mol. The van der Waals surface area contributed by atoms with Gasteiger partial charge in [0.1, 0.15) is 0 Å². The van der Waals surface area contributed by atoms with E-state index in [1.54, 1.807) is 6.92 Å². The second kappa shape index (κ2) is 5.89. The Morgan fingerprint density at radius 1 is 1.62 bits per heavy atom. The minimum Gasteiger partial charge on any atom is -0.466 e. The van der Waals surface area contributed by atoms with E-state index in [2.05, 4.69) is 25.7 Å². The Balaban J connectivity index is 2.95. The van der Waals surface area contributed by atoms with Crippen LogP contribution in [0.25, 0.3) is 0 Å². The summed E-state index contributed by atoms with van der Waals surface area (Å²) >= 11 is 3.00. The molecule has 0 bridgehead atoms. The lowest BCUT2D eigenvalue weighted by atomic mass is 10.1. The number of rotatable bonds is 4. The number of ether oxygens (including phenoxy) is 1. The molecule has 0 saturated carbocycles. The maximum Gasteiger partial charge on any atom is 0.311 e. The van der Waals surface area contributed by atoms with Crippen LogP contribution >= 0.6 is 15.9 Å². The Hall–Kier alpha value is -1.04. The van der Waals surface area contributed by atoms with Gasteiger partial charge in [-0.15, -0.1) is 0 Å². The first-order chi connectivity index (χ1) is 7.56. The molecule has 3 nitrogen and oxygen atoms in total. The molecular formula is C10H10BrF2NO2. The van der Waals surface area contributed by atoms with Gasteiger partial charge in [-0.05, 0) is 13.0 Å². The molecule has 1 heterocycles. The molecule has 0 N–H and O–H groups in total. The number of aromatic nitrogens is 1. The van der Waals surface area contributed by atoms with Gasteiger partial charge < -0.3 is 4.74 Å². The van der Waals surface area contributed by atoms with Gasteiger partial charge in [-0.3, -0.25) is 9.78 Å². The lowest BCUT2D eigenvalue weighted by Gasteiger charge is -2.09. The van der Waals surface area contributed by atoms with Crippen molar-refractivity contribution >= 4 is 21.9 Å². The van der Waals surface area contributed by atoms with Crippen molar-refractivity contribution < 1.29 is 18.3 Å². The summed E-state index contributed by atoms with van der Waals surface area (Å²) in [5.74, 6) is -0.560. The summed E-state index contributed by atoms with van der Waals surface area (Å²) in [7, 11) is 0. The van der Waals surface area contributed by atoms with Crippen molar-refractivity contribution in [1.29, 1.82) is 0 Å². The van der Waals surface area contributed by atoms with E-state index in [-0.39, 0.29) is 28.8 Å². The number of pyridine rings is 1. The van der Waals surface area contributed by atoms with Crippen molar-refractivity contribution in [2.45, 2.75) is 19.8 Å². The Bertz CT molecular complexity index is 385. The van der Waals surface area contributed by atoms with Gasteiger partial charge in [0, 0.05) is 10.7 Å². The van der Waals surface area contributed by atoms with Crippen molar-refractivity contribution in [3.8, 4) is 0 Å². The summed E-state index contributed by atoms with van der Waals surface area (Å²) in [5, 5.41) is 0. The number of nitrogens with zero attached hydrogens (tertiary/aromatic N) is 1. The highest BCUT2D eigenvalue weighted by molar-refractivity contribution is 9.10. The van der Waals surface area contributed by atoms with Crippen LogP contribution in [0.5, 0.6) is 0 Å². The van der Waals surface area contributed by atoms with Gasteiger partial charge in [0.2, 0.25) is 0 Å². The van der Waals surface area contributed by atoms with E-state index in [0.29, 0.717) is 0 Å². The summed E-state index contributed by atoms with van der Waals surface area (Å²) in [5.41, 5.74) is -0.210. The third-order valence-corrected chi connectivity index (χ3v) is 2.55. The molecule has 0 unspecified atom stereocenters. The minimum atomic E-state index is -2.67. The molecule has 16 heavy (non-hydrogen) atoms. The minimum absolute atomic E-state index is 0.0443. The standard InChI is InChI=1S/C10H10BrF2NO2/c1-2-16-8(15)5-7-9(10(12)13)6(11)3-4-14-7/h3-4,10H,2,5H2,1H3. The van der Waals surface area contributed by atoms with E-state index in [4.69, 9.17) is 0 Å². The van der Waals surface area contributed by atoms with Gasteiger partial charge >= 0.3 is 5.97 Å². The molecule has 0 atom stereocenters. The molecule has 0 aromatic carbocycles. The van der Waals surface area contributed by atoms with Crippen LogP contribution in [0.2, 0.25) is 0 Å². The van der Waals surface area contributed by atoms with E-state index >= 15 is 0 Å². The zero-order valence-corrected chi connectivity index (χ0v) is 10.1. The molecule has 1 aromatic rings. The van der Waals surface area contributed by atoms with E-state index in [1.165, 1.54) is 12.3 Å². The maximum absolute atomic E-state index is 12.7. The highest BCUT2D eigenvalue weighted by Gasteiger charge is 2.19. The molecule has 0 spiro atoms. The summed E-state index contributed by atoms with van der Waals surface area (Å²) < 4.78 is 30.3. The quantitative estimate of drug-likeness (QED) is 0.802. The third kappa shape index (κ3) is 3.23. The van der Waals surface area contributed by atoms with Gasteiger partial charge in [0.05, 0.1) is 24.3 Å². The Labute approximate surface area is 99.9 Å². The number of esters is 1. The first-order valence-electron chi connectivity index (χ1n) is 4.63. The smallest absolute Gasteiger partial charge is 0.311 e. The molecule has 0 amide bonds. The monoisotopic (exact) mass is 293 g/mol. The number of alkyl halides is 2. The molecule has 0 fully saturated rings. The molecule has 0 radical (unpaired) electrons. The topological polar surface area (TPSA) is 39.2 Å². The molecule has 0 saturated heterocycles. The van der Waals surface area contributed by atoms with Crippen molar-refractivity contribution in [3.05, 3.63) is 28.0 Å². The van der Waals surface area contributed by atoms with Crippen molar-refractivity contribution in [2.24, 2.45) is 0 Å². The van der Waals surface area contributed by atoms with Crippen LogP contribution in [0, 0.1) is 0 Å². The van der Waals surface area contributed by atoms with Gasteiger partial charge in [-0.1, -0.05) is 15.9 Å². The van der Waals surface area contributed by atoms with Gasteiger partial charge in [-0.2, -0.15) is 0 Å². The highest BCUT2D eigenvalue weighted by atomic mass is 79.9. The molecule has 88 valence electrons. The predicted molar refractivity (Wildman–Crippen MR) is 57.2 cm³/mol. The number of halogens is 3. The molecule has 0 aliphatic heterocycles. The fraction of sp³-hybridized carbons (Fsp3) is 0.400. The van der Waals surface area contributed by atoms with E-state index in [1.807, 2.05) is 0 Å². The van der Waals surface area contributed by atoms with Gasteiger partial charge in [-0.25, -0.2) is 8.78 Å². The van der Waals surface area contributed by atoms with E-state index in [9.17, 15) is 13.6 Å². The van der Waals surface area contributed by atoms with Crippen LogP contribution in [-0.4, -0.2) is 17.6 Å². The summed E-state index contributed by atoms with van der Waals surface area (Å²) in [4.78, 5) is 14.9. The summed E-state index contributed by atoms with van der Waals surface area (Å²) in [6, 6.07) is 1.41. The van der Waals surface area contributed by atoms with Crippen LogP contribution in [0.15, 0.2) is 16.7 Å². The number of carbonyl (C=O) groups excluding carboxylic acids is 1. The van der Waals surface area contributed by atoms with Gasteiger partial charge in [0.25, 0.3) is 6.43 Å². The number of hydrogen-bond acceptors (Lipinski definition) is 3. The molecule has 1 rings (SSSR count). The van der Waals surface area contributed by atoms with Crippen molar-refractivity contribution in [1.82, 2.24) is 4.98 Å². The Morgan fingerprint density at radius 3 is 2.88 bits per heavy atom. The van der Waals surface area contributed by atoms with E-state index in [0.717, 1.165) is 0 Å². The van der Waals surface area contributed by atoms with Crippen LogP contribution in [0.4, 0.5) is 8.78 Å². The van der Waals surface area contributed by atoms with E-state index < -0.39 is 12.4 Å². The summed E-state index contributed by atoms with van der Waals surface area (Å²) in [6.45, 7) is 1.87. The first kappa shape index (κ1) is 13.0. The second-order valence-corrected chi connectivity index (χ2v) is 3.79. The zero-order valence-electron chi connectivity index (χ0n) is 8.54. The number of carbonyl (C=O) groups is 1. The lowest BCUT2D eigenvalue weighted by molar-refractivity contribution is -0.142.